The summed E-state index contributed by atoms with van der Waals surface area (Å²) in [4.78, 5) is 23.3. The molecule has 0 atom stereocenters. The molecule has 0 spiro atoms. The van der Waals surface area contributed by atoms with Gasteiger partial charge in [-0.1, -0.05) is 42.5 Å². The van der Waals surface area contributed by atoms with Gasteiger partial charge >= 0.3 is 0 Å². The minimum absolute atomic E-state index is 0.0389. The molecule has 0 fully saturated rings. The Morgan fingerprint density at radius 3 is 2.44 bits per heavy atom. The third kappa shape index (κ3) is 4.20. The van der Waals surface area contributed by atoms with Crippen LogP contribution < -0.4 is 10.6 Å². The lowest BCUT2D eigenvalue weighted by molar-refractivity contribution is -0.116. The van der Waals surface area contributed by atoms with E-state index in [4.69, 9.17) is 0 Å². The molecule has 0 aliphatic rings. The molecule has 0 bridgehead atoms. The van der Waals surface area contributed by atoms with E-state index in [2.05, 4.69) is 10.6 Å². The predicted molar refractivity (Wildman–Crippen MR) is 97.0 cm³/mol. The SMILES string of the molecule is CC(=O)Nc1ccc(F)c(NC(=O)Cc2ccc3ccccc3c2)c1. The summed E-state index contributed by atoms with van der Waals surface area (Å²) in [6.45, 7) is 1.36. The number of fused-ring (bicyclic) bond motifs is 1. The number of rotatable bonds is 4. The zero-order chi connectivity index (χ0) is 17.8. The summed E-state index contributed by atoms with van der Waals surface area (Å²) in [5.74, 6) is -1.14. The summed E-state index contributed by atoms with van der Waals surface area (Å²) in [7, 11) is 0. The van der Waals surface area contributed by atoms with Crippen LogP contribution in [0.4, 0.5) is 15.8 Å². The van der Waals surface area contributed by atoms with Crippen LogP contribution in [0.3, 0.4) is 0 Å². The van der Waals surface area contributed by atoms with E-state index < -0.39 is 5.82 Å². The van der Waals surface area contributed by atoms with E-state index >= 15 is 0 Å². The molecular formula is C20H17FN2O2. The van der Waals surface area contributed by atoms with Crippen LogP contribution in [-0.2, 0) is 16.0 Å². The van der Waals surface area contributed by atoms with E-state index in [9.17, 15) is 14.0 Å². The largest absolute Gasteiger partial charge is 0.326 e. The minimum atomic E-state index is -0.555. The Hall–Kier alpha value is -3.21. The molecule has 0 heterocycles. The van der Waals surface area contributed by atoms with E-state index in [0.29, 0.717) is 5.69 Å². The molecule has 0 aromatic heterocycles. The number of carbonyl (C=O) groups excluding carboxylic acids is 2. The van der Waals surface area contributed by atoms with Crippen molar-refractivity contribution >= 4 is 34.0 Å². The first-order valence-electron chi connectivity index (χ1n) is 7.86. The van der Waals surface area contributed by atoms with Gasteiger partial charge in [0.2, 0.25) is 11.8 Å². The molecule has 0 saturated heterocycles. The monoisotopic (exact) mass is 336 g/mol. The Morgan fingerprint density at radius 1 is 0.920 bits per heavy atom. The van der Waals surface area contributed by atoms with Gasteiger partial charge in [0.05, 0.1) is 12.1 Å². The topological polar surface area (TPSA) is 58.2 Å². The molecule has 3 rings (SSSR count). The van der Waals surface area contributed by atoms with Gasteiger partial charge < -0.3 is 10.6 Å². The maximum atomic E-state index is 13.9. The first-order chi connectivity index (χ1) is 12.0. The van der Waals surface area contributed by atoms with Crippen molar-refractivity contribution in [1.29, 1.82) is 0 Å². The van der Waals surface area contributed by atoms with Crippen LogP contribution in [0.5, 0.6) is 0 Å². The first kappa shape index (κ1) is 16.6. The Kier molecular flexibility index (Phi) is 4.75. The second kappa shape index (κ2) is 7.13. The standard InChI is InChI=1S/C20H17FN2O2/c1-13(24)22-17-8-9-18(21)19(12-17)23-20(25)11-14-6-7-15-4-2-3-5-16(15)10-14/h2-10,12H,11H2,1H3,(H,22,24)(H,23,25). The van der Waals surface area contributed by atoms with Crippen molar-refractivity contribution in [3.63, 3.8) is 0 Å². The number of nitrogens with one attached hydrogen (secondary N) is 2. The quantitative estimate of drug-likeness (QED) is 0.753. The number of carbonyl (C=O) groups is 2. The van der Waals surface area contributed by atoms with Crippen LogP contribution in [0.25, 0.3) is 10.8 Å². The number of hydrogen-bond acceptors (Lipinski definition) is 2. The smallest absolute Gasteiger partial charge is 0.228 e. The van der Waals surface area contributed by atoms with Gasteiger partial charge in [-0.25, -0.2) is 4.39 Å². The van der Waals surface area contributed by atoms with Crippen LogP contribution in [0, 0.1) is 5.82 Å². The zero-order valence-electron chi connectivity index (χ0n) is 13.7. The molecule has 0 aliphatic heterocycles. The van der Waals surface area contributed by atoms with Gasteiger partial charge in [0.1, 0.15) is 5.82 Å². The zero-order valence-corrected chi connectivity index (χ0v) is 13.7. The first-order valence-corrected chi connectivity index (χ1v) is 7.86. The number of amides is 2. The van der Waals surface area contributed by atoms with Crippen molar-refractivity contribution in [3.8, 4) is 0 Å². The fourth-order valence-corrected chi connectivity index (χ4v) is 2.63. The van der Waals surface area contributed by atoms with Crippen LogP contribution in [0.2, 0.25) is 0 Å². The summed E-state index contributed by atoms with van der Waals surface area (Å²) < 4.78 is 13.9. The van der Waals surface area contributed by atoms with Gasteiger partial charge in [-0.2, -0.15) is 0 Å². The van der Waals surface area contributed by atoms with Crippen molar-refractivity contribution < 1.29 is 14.0 Å². The molecular weight excluding hydrogens is 319 g/mol. The Bertz CT molecular complexity index is 953. The van der Waals surface area contributed by atoms with E-state index in [-0.39, 0.29) is 23.9 Å². The Morgan fingerprint density at radius 2 is 1.68 bits per heavy atom. The van der Waals surface area contributed by atoms with Crippen LogP contribution >= 0.6 is 0 Å². The van der Waals surface area contributed by atoms with Gasteiger partial charge in [0, 0.05) is 12.6 Å². The fourth-order valence-electron chi connectivity index (χ4n) is 2.63. The Balaban J connectivity index is 1.74. The maximum absolute atomic E-state index is 13.9. The average molecular weight is 336 g/mol. The molecule has 25 heavy (non-hydrogen) atoms. The normalized spacial score (nSPS) is 10.5. The molecule has 126 valence electrons. The Labute approximate surface area is 144 Å². The summed E-state index contributed by atoms with van der Waals surface area (Å²) in [5.41, 5.74) is 1.31. The lowest BCUT2D eigenvalue weighted by Crippen LogP contribution is -2.16. The summed E-state index contributed by atoms with van der Waals surface area (Å²) in [6, 6.07) is 17.7. The van der Waals surface area contributed by atoms with Gasteiger partial charge in [0.25, 0.3) is 0 Å². The van der Waals surface area contributed by atoms with Gasteiger partial charge in [-0.3, -0.25) is 9.59 Å². The van der Waals surface area contributed by atoms with Crippen molar-refractivity contribution in [2.75, 3.05) is 10.6 Å². The lowest BCUT2D eigenvalue weighted by atomic mass is 10.0. The molecule has 5 heteroatoms. The summed E-state index contributed by atoms with van der Waals surface area (Å²) in [5, 5.41) is 7.26. The highest BCUT2D eigenvalue weighted by Gasteiger charge is 2.10. The van der Waals surface area contributed by atoms with Crippen LogP contribution in [-0.4, -0.2) is 11.8 Å². The molecule has 0 saturated carbocycles. The lowest BCUT2D eigenvalue weighted by Gasteiger charge is -2.09. The van der Waals surface area contributed by atoms with Crippen molar-refractivity contribution in [2.24, 2.45) is 0 Å². The average Bonchev–Trinajstić information content (AvgIpc) is 2.57. The molecule has 2 N–H and O–H groups in total. The van der Waals surface area contributed by atoms with Gasteiger partial charge in [0.15, 0.2) is 0 Å². The highest BCUT2D eigenvalue weighted by Crippen LogP contribution is 2.21. The van der Waals surface area contributed by atoms with E-state index in [1.54, 1.807) is 0 Å². The highest BCUT2D eigenvalue weighted by atomic mass is 19.1. The van der Waals surface area contributed by atoms with E-state index in [1.807, 2.05) is 42.5 Å². The second-order valence-electron chi connectivity index (χ2n) is 5.78. The molecule has 2 amide bonds. The molecule has 4 nitrogen and oxygen atoms in total. The van der Waals surface area contributed by atoms with E-state index in [0.717, 1.165) is 16.3 Å². The molecule has 3 aromatic carbocycles. The predicted octanol–water partition coefficient (Wildman–Crippen LogP) is 4.12. The fraction of sp³-hybridized carbons (Fsp3) is 0.100. The third-order valence-corrected chi connectivity index (χ3v) is 3.74. The second-order valence-corrected chi connectivity index (χ2v) is 5.78. The number of hydrogen-bond donors (Lipinski definition) is 2. The number of benzene rings is 3. The minimum Gasteiger partial charge on any atom is -0.326 e. The highest BCUT2D eigenvalue weighted by molar-refractivity contribution is 5.95. The molecule has 0 radical (unpaired) electrons. The molecule has 3 aromatic rings. The summed E-state index contributed by atoms with van der Waals surface area (Å²) >= 11 is 0. The molecule has 0 aliphatic carbocycles. The van der Waals surface area contributed by atoms with Crippen molar-refractivity contribution in [2.45, 2.75) is 13.3 Å². The summed E-state index contributed by atoms with van der Waals surface area (Å²) in [6.07, 6.45) is 0.134. The van der Waals surface area contributed by atoms with Crippen LogP contribution in [0.1, 0.15) is 12.5 Å². The van der Waals surface area contributed by atoms with Gasteiger partial charge in [-0.05, 0) is 34.5 Å². The molecule has 0 unspecified atom stereocenters. The van der Waals surface area contributed by atoms with Gasteiger partial charge in [-0.15, -0.1) is 0 Å². The number of halogens is 1. The van der Waals surface area contributed by atoms with E-state index in [1.165, 1.54) is 25.1 Å². The van der Waals surface area contributed by atoms with Crippen LogP contribution in [0.15, 0.2) is 60.7 Å². The number of anilines is 2. The van der Waals surface area contributed by atoms with Crippen molar-refractivity contribution in [3.05, 3.63) is 72.0 Å². The van der Waals surface area contributed by atoms with Crippen molar-refractivity contribution in [1.82, 2.24) is 0 Å². The maximum Gasteiger partial charge on any atom is 0.228 e. The third-order valence-electron chi connectivity index (χ3n) is 3.74.